The molecule has 0 aromatic carbocycles. The van der Waals surface area contributed by atoms with Crippen LogP contribution in [-0.2, 0) is 6.54 Å². The molecule has 2 rings (SSSR count). The maximum Gasteiger partial charge on any atom is 0.129 e. The Bertz CT molecular complexity index is 436. The summed E-state index contributed by atoms with van der Waals surface area (Å²) in [5.41, 5.74) is 1.17. The number of hydrogen-bond donors (Lipinski definition) is 1. The van der Waals surface area contributed by atoms with E-state index in [0.29, 0.717) is 6.04 Å². The third-order valence-corrected chi connectivity index (χ3v) is 2.44. The average Bonchev–Trinajstić information content (AvgIpc) is 2.74. The molecule has 16 heavy (non-hydrogen) atoms. The topological polar surface area (TPSA) is 42.7 Å². The highest BCUT2D eigenvalue weighted by molar-refractivity contribution is 5.43. The maximum absolute atomic E-state index is 4.31. The van der Waals surface area contributed by atoms with Gasteiger partial charge in [0, 0.05) is 31.2 Å². The van der Waals surface area contributed by atoms with Crippen molar-refractivity contribution >= 4 is 5.82 Å². The van der Waals surface area contributed by atoms with Crippen LogP contribution >= 0.6 is 0 Å². The number of aryl methyl sites for hydroxylation is 1. The first kappa shape index (κ1) is 10.7. The van der Waals surface area contributed by atoms with Gasteiger partial charge in [0.2, 0.25) is 0 Å². The largest absolute Gasteiger partial charge is 0.366 e. The molecule has 0 amide bonds. The number of rotatable bonds is 4. The molecule has 2 aromatic heterocycles. The van der Waals surface area contributed by atoms with E-state index in [-0.39, 0.29) is 0 Å². The van der Waals surface area contributed by atoms with E-state index in [0.717, 1.165) is 12.4 Å². The molecule has 0 bridgehead atoms. The molecule has 0 radical (unpaired) electrons. The van der Waals surface area contributed by atoms with Gasteiger partial charge in [0.05, 0.1) is 6.33 Å². The number of pyridine rings is 1. The first-order chi connectivity index (χ1) is 7.75. The Labute approximate surface area is 95.4 Å². The highest BCUT2D eigenvalue weighted by Gasteiger charge is 2.05. The fraction of sp³-hybridized carbons (Fsp3) is 0.333. The van der Waals surface area contributed by atoms with Crippen LogP contribution in [0.4, 0.5) is 5.82 Å². The Morgan fingerprint density at radius 1 is 1.44 bits per heavy atom. The van der Waals surface area contributed by atoms with Gasteiger partial charge >= 0.3 is 0 Å². The average molecular weight is 216 g/mol. The molecule has 0 aliphatic rings. The molecule has 0 saturated carbocycles. The Kier molecular flexibility index (Phi) is 3.19. The second-order valence-corrected chi connectivity index (χ2v) is 3.97. The highest BCUT2D eigenvalue weighted by atomic mass is 15.1. The van der Waals surface area contributed by atoms with E-state index in [9.17, 15) is 0 Å². The number of aromatic nitrogens is 3. The van der Waals surface area contributed by atoms with E-state index < -0.39 is 0 Å². The van der Waals surface area contributed by atoms with Gasteiger partial charge in [-0.05, 0) is 25.5 Å². The highest BCUT2D eigenvalue weighted by Crippen LogP contribution is 2.11. The van der Waals surface area contributed by atoms with Crippen LogP contribution in [-0.4, -0.2) is 20.6 Å². The van der Waals surface area contributed by atoms with Crippen molar-refractivity contribution in [3.63, 3.8) is 0 Å². The van der Waals surface area contributed by atoms with Crippen molar-refractivity contribution in [3.05, 3.63) is 42.6 Å². The summed E-state index contributed by atoms with van der Waals surface area (Å²) in [6.45, 7) is 5.07. The monoisotopic (exact) mass is 216 g/mol. The van der Waals surface area contributed by atoms with E-state index >= 15 is 0 Å². The van der Waals surface area contributed by atoms with E-state index in [4.69, 9.17) is 0 Å². The van der Waals surface area contributed by atoms with E-state index in [1.54, 1.807) is 12.4 Å². The Hall–Kier alpha value is -1.84. The SMILES string of the molecule is Cc1cccnc1NC(C)Cn1ccnc1. The zero-order valence-electron chi connectivity index (χ0n) is 9.59. The zero-order chi connectivity index (χ0) is 11.4. The molecular weight excluding hydrogens is 200 g/mol. The van der Waals surface area contributed by atoms with Gasteiger partial charge in [-0.1, -0.05) is 6.07 Å². The molecule has 0 spiro atoms. The number of anilines is 1. The number of nitrogens with zero attached hydrogens (tertiary/aromatic N) is 3. The number of hydrogen-bond acceptors (Lipinski definition) is 3. The molecule has 0 aliphatic carbocycles. The summed E-state index contributed by atoms with van der Waals surface area (Å²) < 4.78 is 2.05. The van der Waals surface area contributed by atoms with Crippen molar-refractivity contribution < 1.29 is 0 Å². The van der Waals surface area contributed by atoms with Crippen molar-refractivity contribution in [2.24, 2.45) is 0 Å². The maximum atomic E-state index is 4.31. The second kappa shape index (κ2) is 4.79. The van der Waals surface area contributed by atoms with Crippen LogP contribution in [0.3, 0.4) is 0 Å². The summed E-state index contributed by atoms with van der Waals surface area (Å²) in [6, 6.07) is 4.32. The molecule has 4 heteroatoms. The van der Waals surface area contributed by atoms with Crippen molar-refractivity contribution in [1.82, 2.24) is 14.5 Å². The van der Waals surface area contributed by atoms with Crippen LogP contribution in [0.25, 0.3) is 0 Å². The van der Waals surface area contributed by atoms with Crippen molar-refractivity contribution in [2.45, 2.75) is 26.4 Å². The minimum atomic E-state index is 0.322. The summed E-state index contributed by atoms with van der Waals surface area (Å²) in [7, 11) is 0. The molecule has 2 aromatic rings. The fourth-order valence-corrected chi connectivity index (χ4v) is 1.63. The molecule has 4 nitrogen and oxygen atoms in total. The van der Waals surface area contributed by atoms with Crippen LogP contribution in [0.5, 0.6) is 0 Å². The molecule has 1 atom stereocenters. The first-order valence-corrected chi connectivity index (χ1v) is 5.39. The lowest BCUT2D eigenvalue weighted by atomic mass is 10.2. The summed E-state index contributed by atoms with van der Waals surface area (Å²) in [5, 5.41) is 3.39. The van der Waals surface area contributed by atoms with Crippen LogP contribution in [0.2, 0.25) is 0 Å². The van der Waals surface area contributed by atoms with E-state index in [1.165, 1.54) is 5.56 Å². The third-order valence-electron chi connectivity index (χ3n) is 2.44. The summed E-state index contributed by atoms with van der Waals surface area (Å²) in [5.74, 6) is 0.954. The number of imidazole rings is 1. The van der Waals surface area contributed by atoms with E-state index in [2.05, 4.69) is 39.8 Å². The summed E-state index contributed by atoms with van der Waals surface area (Å²) >= 11 is 0. The minimum absolute atomic E-state index is 0.322. The molecule has 0 fully saturated rings. The van der Waals surface area contributed by atoms with Gasteiger partial charge in [0.15, 0.2) is 0 Å². The lowest BCUT2D eigenvalue weighted by molar-refractivity contribution is 0.616. The third kappa shape index (κ3) is 2.59. The molecule has 2 heterocycles. The Balaban J connectivity index is 1.97. The summed E-state index contributed by atoms with van der Waals surface area (Å²) in [6.07, 6.45) is 7.38. The van der Waals surface area contributed by atoms with Gasteiger partial charge in [0.1, 0.15) is 5.82 Å². The van der Waals surface area contributed by atoms with Gasteiger partial charge in [-0.25, -0.2) is 9.97 Å². The van der Waals surface area contributed by atoms with Crippen LogP contribution < -0.4 is 5.32 Å². The van der Waals surface area contributed by atoms with Crippen LogP contribution in [0.1, 0.15) is 12.5 Å². The van der Waals surface area contributed by atoms with Crippen molar-refractivity contribution in [2.75, 3.05) is 5.32 Å². The van der Waals surface area contributed by atoms with Gasteiger partial charge in [-0.15, -0.1) is 0 Å². The zero-order valence-corrected chi connectivity index (χ0v) is 9.59. The normalized spacial score (nSPS) is 12.4. The number of nitrogens with one attached hydrogen (secondary N) is 1. The van der Waals surface area contributed by atoms with Gasteiger partial charge in [0.25, 0.3) is 0 Å². The standard InChI is InChI=1S/C12H16N4/c1-10-4-3-5-14-12(10)15-11(2)8-16-7-6-13-9-16/h3-7,9,11H,8H2,1-2H3,(H,14,15). The summed E-state index contributed by atoms with van der Waals surface area (Å²) in [4.78, 5) is 8.33. The lowest BCUT2D eigenvalue weighted by Crippen LogP contribution is -2.22. The van der Waals surface area contributed by atoms with Gasteiger partial charge in [-0.3, -0.25) is 0 Å². The fourth-order valence-electron chi connectivity index (χ4n) is 1.63. The molecule has 0 aliphatic heterocycles. The van der Waals surface area contributed by atoms with Crippen LogP contribution in [0.15, 0.2) is 37.1 Å². The second-order valence-electron chi connectivity index (χ2n) is 3.97. The predicted octanol–water partition coefficient (Wildman–Crippen LogP) is 2.09. The Morgan fingerprint density at radius 3 is 3.00 bits per heavy atom. The van der Waals surface area contributed by atoms with Crippen LogP contribution in [0, 0.1) is 6.92 Å². The lowest BCUT2D eigenvalue weighted by Gasteiger charge is -2.16. The van der Waals surface area contributed by atoms with Crippen molar-refractivity contribution in [3.8, 4) is 0 Å². The molecule has 1 unspecified atom stereocenters. The van der Waals surface area contributed by atoms with E-state index in [1.807, 2.05) is 18.6 Å². The quantitative estimate of drug-likeness (QED) is 0.851. The van der Waals surface area contributed by atoms with Gasteiger partial charge in [-0.2, -0.15) is 0 Å². The minimum Gasteiger partial charge on any atom is -0.366 e. The first-order valence-electron chi connectivity index (χ1n) is 5.39. The molecule has 1 N–H and O–H groups in total. The van der Waals surface area contributed by atoms with Crippen molar-refractivity contribution in [1.29, 1.82) is 0 Å². The van der Waals surface area contributed by atoms with Gasteiger partial charge < -0.3 is 9.88 Å². The predicted molar refractivity (Wildman–Crippen MR) is 64.3 cm³/mol. The molecule has 84 valence electrons. The molecular formula is C12H16N4. The molecule has 0 saturated heterocycles. The smallest absolute Gasteiger partial charge is 0.129 e. The Morgan fingerprint density at radius 2 is 2.31 bits per heavy atom.